The molecule has 0 amide bonds. The molecule has 0 aliphatic heterocycles. The Morgan fingerprint density at radius 3 is 2.56 bits per heavy atom. The van der Waals surface area contributed by atoms with E-state index in [2.05, 4.69) is 10.1 Å². The van der Waals surface area contributed by atoms with E-state index < -0.39 is 11.6 Å². The zero-order chi connectivity index (χ0) is 13.1. The van der Waals surface area contributed by atoms with Crippen LogP contribution in [0.4, 0.5) is 8.78 Å². The lowest BCUT2D eigenvalue weighted by Crippen LogP contribution is -2.09. The van der Waals surface area contributed by atoms with Crippen LogP contribution in [-0.4, -0.2) is 16.7 Å². The summed E-state index contributed by atoms with van der Waals surface area (Å²) in [7, 11) is 0. The molecule has 2 aromatic rings. The zero-order valence-corrected chi connectivity index (χ0v) is 9.86. The molecule has 6 heteroatoms. The van der Waals surface area contributed by atoms with E-state index in [1.54, 1.807) is 0 Å². The van der Waals surface area contributed by atoms with Gasteiger partial charge < -0.3 is 10.3 Å². The van der Waals surface area contributed by atoms with Crippen LogP contribution < -0.4 is 5.73 Å². The minimum atomic E-state index is -0.621. The van der Waals surface area contributed by atoms with Crippen LogP contribution in [0.1, 0.15) is 30.1 Å². The van der Waals surface area contributed by atoms with E-state index in [0.717, 1.165) is 6.07 Å². The third-order valence-corrected chi connectivity index (χ3v) is 2.54. The van der Waals surface area contributed by atoms with Crippen LogP contribution in [0.2, 0.25) is 0 Å². The van der Waals surface area contributed by atoms with Gasteiger partial charge in [-0.25, -0.2) is 8.78 Å². The molecule has 2 rings (SSSR count). The Morgan fingerprint density at radius 1 is 1.28 bits per heavy atom. The summed E-state index contributed by atoms with van der Waals surface area (Å²) < 4.78 is 31.0. The molecule has 0 spiro atoms. The van der Waals surface area contributed by atoms with Gasteiger partial charge in [-0.1, -0.05) is 12.1 Å². The van der Waals surface area contributed by atoms with Crippen LogP contribution in [-0.2, 0) is 6.42 Å². The van der Waals surface area contributed by atoms with Gasteiger partial charge in [0, 0.05) is 24.9 Å². The first-order valence-corrected chi connectivity index (χ1v) is 5.56. The number of nitrogens with zero attached hydrogens (tertiary/aromatic N) is 2. The zero-order valence-electron chi connectivity index (χ0n) is 9.86. The average Bonchev–Trinajstić information content (AvgIpc) is 2.75. The highest BCUT2D eigenvalue weighted by Gasteiger charge is 2.13. The maximum Gasteiger partial charge on any atom is 0.230 e. The number of aromatic nitrogens is 2. The van der Waals surface area contributed by atoms with Crippen molar-refractivity contribution in [2.75, 3.05) is 6.54 Å². The molecule has 18 heavy (non-hydrogen) atoms. The molecule has 1 aromatic heterocycles. The van der Waals surface area contributed by atoms with Crippen molar-refractivity contribution in [3.05, 3.63) is 47.1 Å². The second-order valence-corrected chi connectivity index (χ2v) is 4.14. The van der Waals surface area contributed by atoms with Gasteiger partial charge in [-0.2, -0.15) is 4.98 Å². The van der Waals surface area contributed by atoms with Gasteiger partial charge >= 0.3 is 0 Å². The van der Waals surface area contributed by atoms with Crippen molar-refractivity contribution >= 4 is 0 Å². The molecule has 0 radical (unpaired) electrons. The van der Waals surface area contributed by atoms with E-state index in [1.165, 1.54) is 12.1 Å². The SMILES string of the molecule is CC(CN)c1nc(Cc2cc(F)cc(F)c2)no1. The number of halogens is 2. The fraction of sp³-hybridized carbons (Fsp3) is 0.333. The predicted molar refractivity (Wildman–Crippen MR) is 60.9 cm³/mol. The van der Waals surface area contributed by atoms with Crippen molar-refractivity contribution in [2.24, 2.45) is 5.73 Å². The Balaban J connectivity index is 2.16. The van der Waals surface area contributed by atoms with Gasteiger partial charge in [0.05, 0.1) is 0 Å². The summed E-state index contributed by atoms with van der Waals surface area (Å²) in [5, 5.41) is 3.75. The monoisotopic (exact) mass is 253 g/mol. The smallest absolute Gasteiger partial charge is 0.230 e. The van der Waals surface area contributed by atoms with Crippen molar-refractivity contribution in [1.82, 2.24) is 10.1 Å². The Labute approximate surface area is 103 Å². The van der Waals surface area contributed by atoms with Crippen molar-refractivity contribution in [1.29, 1.82) is 0 Å². The van der Waals surface area contributed by atoms with E-state index in [9.17, 15) is 8.78 Å². The number of rotatable bonds is 4. The highest BCUT2D eigenvalue weighted by atomic mass is 19.1. The number of hydrogen-bond donors (Lipinski definition) is 1. The molecular formula is C12H13F2N3O. The Kier molecular flexibility index (Phi) is 3.66. The molecule has 1 aromatic carbocycles. The first kappa shape index (κ1) is 12.6. The van der Waals surface area contributed by atoms with Gasteiger partial charge in [0.1, 0.15) is 11.6 Å². The second kappa shape index (κ2) is 5.22. The molecule has 2 N–H and O–H groups in total. The lowest BCUT2D eigenvalue weighted by atomic mass is 10.1. The average molecular weight is 253 g/mol. The van der Waals surface area contributed by atoms with Crippen molar-refractivity contribution in [3.8, 4) is 0 Å². The van der Waals surface area contributed by atoms with E-state index in [4.69, 9.17) is 10.3 Å². The van der Waals surface area contributed by atoms with Crippen LogP contribution >= 0.6 is 0 Å². The fourth-order valence-electron chi connectivity index (χ4n) is 1.54. The summed E-state index contributed by atoms with van der Waals surface area (Å²) in [5.74, 6) is -0.455. The number of hydrogen-bond acceptors (Lipinski definition) is 4. The first-order chi connectivity index (χ1) is 8.58. The third-order valence-electron chi connectivity index (χ3n) is 2.54. The molecule has 0 aliphatic rings. The second-order valence-electron chi connectivity index (χ2n) is 4.14. The molecule has 0 aliphatic carbocycles. The topological polar surface area (TPSA) is 64.9 Å². The van der Waals surface area contributed by atoms with Crippen molar-refractivity contribution in [3.63, 3.8) is 0 Å². The van der Waals surface area contributed by atoms with E-state index >= 15 is 0 Å². The van der Waals surface area contributed by atoms with E-state index in [0.29, 0.717) is 23.8 Å². The molecular weight excluding hydrogens is 240 g/mol. The lowest BCUT2D eigenvalue weighted by Gasteiger charge is -1.99. The minimum absolute atomic E-state index is 0.0319. The standard InChI is InChI=1S/C12H13F2N3O/c1-7(6-15)12-16-11(17-18-12)4-8-2-9(13)5-10(14)3-8/h2-3,5,7H,4,6,15H2,1H3. The van der Waals surface area contributed by atoms with Gasteiger partial charge in [0.25, 0.3) is 0 Å². The summed E-state index contributed by atoms with van der Waals surface area (Å²) in [4.78, 5) is 4.13. The normalized spacial score (nSPS) is 12.7. The Bertz CT molecular complexity index is 522. The molecule has 1 unspecified atom stereocenters. The maximum absolute atomic E-state index is 13.0. The molecule has 0 bridgehead atoms. The van der Waals surface area contributed by atoms with Crippen LogP contribution in [0, 0.1) is 11.6 Å². The first-order valence-electron chi connectivity index (χ1n) is 5.56. The van der Waals surface area contributed by atoms with Gasteiger partial charge in [-0.3, -0.25) is 0 Å². The van der Waals surface area contributed by atoms with Gasteiger partial charge in [0.15, 0.2) is 5.82 Å². The fourth-order valence-corrected chi connectivity index (χ4v) is 1.54. The maximum atomic E-state index is 13.0. The van der Waals surface area contributed by atoms with Gasteiger partial charge in [-0.15, -0.1) is 0 Å². The molecule has 1 atom stereocenters. The summed E-state index contributed by atoms with van der Waals surface area (Å²) in [6.45, 7) is 2.26. The summed E-state index contributed by atoms with van der Waals surface area (Å²) in [6, 6.07) is 3.30. The summed E-state index contributed by atoms with van der Waals surface area (Å²) >= 11 is 0. The van der Waals surface area contributed by atoms with Crippen LogP contribution in [0.25, 0.3) is 0 Å². The quantitative estimate of drug-likeness (QED) is 0.905. The molecule has 4 nitrogen and oxygen atoms in total. The van der Waals surface area contributed by atoms with Crippen molar-refractivity contribution < 1.29 is 13.3 Å². The number of benzene rings is 1. The highest BCUT2D eigenvalue weighted by molar-refractivity contribution is 5.21. The highest BCUT2D eigenvalue weighted by Crippen LogP contribution is 2.14. The lowest BCUT2D eigenvalue weighted by molar-refractivity contribution is 0.357. The largest absolute Gasteiger partial charge is 0.339 e. The molecule has 0 saturated carbocycles. The van der Waals surface area contributed by atoms with Gasteiger partial charge in [-0.05, 0) is 17.7 Å². The Hall–Kier alpha value is -1.82. The van der Waals surface area contributed by atoms with Gasteiger partial charge in [0.2, 0.25) is 5.89 Å². The summed E-state index contributed by atoms with van der Waals surface area (Å²) in [5.41, 5.74) is 5.94. The molecule has 96 valence electrons. The van der Waals surface area contributed by atoms with E-state index in [-0.39, 0.29) is 12.3 Å². The Morgan fingerprint density at radius 2 is 1.94 bits per heavy atom. The van der Waals surface area contributed by atoms with Crippen LogP contribution in [0.15, 0.2) is 22.7 Å². The van der Waals surface area contributed by atoms with E-state index in [1.807, 2.05) is 6.92 Å². The third kappa shape index (κ3) is 2.89. The predicted octanol–water partition coefficient (Wildman–Crippen LogP) is 2.00. The van der Waals surface area contributed by atoms with Crippen LogP contribution in [0.3, 0.4) is 0 Å². The number of nitrogens with two attached hydrogens (primary N) is 1. The molecule has 0 fully saturated rings. The minimum Gasteiger partial charge on any atom is -0.339 e. The summed E-state index contributed by atoms with van der Waals surface area (Å²) in [6.07, 6.45) is 0.218. The molecule has 0 saturated heterocycles. The van der Waals surface area contributed by atoms with Crippen LogP contribution in [0.5, 0.6) is 0 Å². The van der Waals surface area contributed by atoms with Crippen molar-refractivity contribution in [2.45, 2.75) is 19.3 Å². The molecule has 1 heterocycles.